The van der Waals surface area contributed by atoms with Crippen LogP contribution in [0.15, 0.2) is 18.2 Å². The normalized spacial score (nSPS) is 19.3. The number of hydrogen-bond donors (Lipinski definition) is 2. The molecule has 3 rings (SSSR count). The van der Waals surface area contributed by atoms with Crippen molar-refractivity contribution in [3.8, 4) is 0 Å². The number of carbonyl (C=O) groups excluding carboxylic acids is 3. The number of anilines is 1. The number of benzene rings is 1. The van der Waals surface area contributed by atoms with Gasteiger partial charge in [-0.15, -0.1) is 0 Å². The lowest BCUT2D eigenvalue weighted by Crippen LogP contribution is -2.44. The van der Waals surface area contributed by atoms with Crippen LogP contribution in [0.3, 0.4) is 0 Å². The van der Waals surface area contributed by atoms with E-state index in [2.05, 4.69) is 10.6 Å². The fourth-order valence-electron chi connectivity index (χ4n) is 3.30. The van der Waals surface area contributed by atoms with Gasteiger partial charge in [-0.05, 0) is 49.9 Å². The molecule has 0 unspecified atom stereocenters. The van der Waals surface area contributed by atoms with Crippen LogP contribution in [-0.2, 0) is 9.59 Å². The second kappa shape index (κ2) is 5.68. The molecule has 0 radical (unpaired) electrons. The maximum Gasteiger partial charge on any atom is 0.325 e. The van der Waals surface area contributed by atoms with Gasteiger partial charge in [0, 0.05) is 5.69 Å². The zero-order chi connectivity index (χ0) is 16.6. The first kappa shape index (κ1) is 15.5. The minimum absolute atomic E-state index is 0.251. The summed E-state index contributed by atoms with van der Waals surface area (Å²) in [4.78, 5) is 37.7. The Kier molecular flexibility index (Phi) is 3.83. The maximum absolute atomic E-state index is 12.5. The van der Waals surface area contributed by atoms with Gasteiger partial charge < -0.3 is 10.6 Å². The van der Waals surface area contributed by atoms with Crippen LogP contribution in [0.2, 0.25) is 0 Å². The lowest BCUT2D eigenvalue weighted by molar-refractivity contribution is -0.133. The van der Waals surface area contributed by atoms with Crippen molar-refractivity contribution in [1.29, 1.82) is 0 Å². The van der Waals surface area contributed by atoms with Gasteiger partial charge >= 0.3 is 6.03 Å². The predicted molar refractivity (Wildman–Crippen MR) is 86.0 cm³/mol. The van der Waals surface area contributed by atoms with E-state index in [9.17, 15) is 14.4 Å². The molecule has 1 saturated heterocycles. The molecule has 1 aromatic rings. The lowest BCUT2D eigenvalue weighted by atomic mass is 9.98. The fourth-order valence-corrected chi connectivity index (χ4v) is 3.30. The minimum atomic E-state index is -0.766. The van der Waals surface area contributed by atoms with E-state index in [0.717, 1.165) is 28.9 Å². The molecule has 4 amide bonds. The first-order valence-electron chi connectivity index (χ1n) is 7.92. The highest BCUT2D eigenvalue weighted by atomic mass is 16.2. The second-order valence-electron chi connectivity index (χ2n) is 6.46. The second-order valence-corrected chi connectivity index (χ2v) is 6.46. The van der Waals surface area contributed by atoms with Crippen molar-refractivity contribution in [2.45, 2.75) is 45.1 Å². The monoisotopic (exact) mass is 315 g/mol. The predicted octanol–water partition coefficient (Wildman–Crippen LogP) is 2.11. The summed E-state index contributed by atoms with van der Waals surface area (Å²) in [5, 5.41) is 5.52. The summed E-state index contributed by atoms with van der Waals surface area (Å²) in [5.41, 5.74) is 2.11. The molecule has 0 atom stereocenters. The number of imide groups is 1. The molecule has 1 saturated carbocycles. The Hall–Kier alpha value is -2.37. The molecule has 2 fully saturated rings. The van der Waals surface area contributed by atoms with Crippen LogP contribution in [0.1, 0.15) is 36.8 Å². The Bertz CT molecular complexity index is 678. The highest BCUT2D eigenvalue weighted by molar-refractivity contribution is 6.10. The lowest BCUT2D eigenvalue weighted by Gasteiger charge is -2.19. The Balaban J connectivity index is 1.66. The summed E-state index contributed by atoms with van der Waals surface area (Å²) < 4.78 is 0. The van der Waals surface area contributed by atoms with Crippen LogP contribution in [0.25, 0.3) is 0 Å². The summed E-state index contributed by atoms with van der Waals surface area (Å²) in [6.45, 7) is 3.71. The van der Waals surface area contributed by atoms with Crippen LogP contribution in [0.4, 0.5) is 10.5 Å². The van der Waals surface area contributed by atoms with Crippen molar-refractivity contribution in [3.63, 3.8) is 0 Å². The molecule has 6 heteroatoms. The van der Waals surface area contributed by atoms with Crippen molar-refractivity contribution in [3.05, 3.63) is 29.3 Å². The molecule has 2 aliphatic rings. The van der Waals surface area contributed by atoms with E-state index in [1.54, 1.807) is 0 Å². The molecule has 6 nitrogen and oxygen atoms in total. The summed E-state index contributed by atoms with van der Waals surface area (Å²) in [6.07, 6.45) is 3.17. The molecule has 1 spiro atoms. The van der Waals surface area contributed by atoms with Crippen LogP contribution in [0, 0.1) is 13.8 Å². The minimum Gasteiger partial charge on any atom is -0.325 e. The van der Waals surface area contributed by atoms with Crippen molar-refractivity contribution < 1.29 is 14.4 Å². The number of rotatable bonds is 3. The number of nitrogens with one attached hydrogen (secondary N) is 2. The molecule has 23 heavy (non-hydrogen) atoms. The molecule has 2 N–H and O–H groups in total. The van der Waals surface area contributed by atoms with E-state index in [1.165, 1.54) is 0 Å². The molecule has 1 aliphatic carbocycles. The average Bonchev–Trinajstić information content (AvgIpc) is 3.05. The van der Waals surface area contributed by atoms with Gasteiger partial charge in [-0.3, -0.25) is 14.5 Å². The van der Waals surface area contributed by atoms with Crippen molar-refractivity contribution in [1.82, 2.24) is 10.2 Å². The highest BCUT2D eigenvalue weighted by Gasteiger charge is 2.52. The molecule has 0 aromatic heterocycles. The summed E-state index contributed by atoms with van der Waals surface area (Å²) in [6, 6.07) is 5.14. The Labute approximate surface area is 135 Å². The Morgan fingerprint density at radius 2 is 1.91 bits per heavy atom. The Morgan fingerprint density at radius 3 is 2.57 bits per heavy atom. The van der Waals surface area contributed by atoms with Crippen molar-refractivity contribution >= 4 is 23.5 Å². The van der Waals surface area contributed by atoms with Gasteiger partial charge in [0.2, 0.25) is 5.91 Å². The standard InChI is InChI=1S/C17H21N3O3/c1-11-5-6-13(9-12(11)2)18-14(21)10-20-15(22)17(19-16(20)23)7-3-4-8-17/h5-6,9H,3-4,7-8,10H2,1-2H3,(H,18,21)(H,19,23). The van der Waals surface area contributed by atoms with E-state index in [1.807, 2.05) is 32.0 Å². The average molecular weight is 315 g/mol. The van der Waals surface area contributed by atoms with Crippen LogP contribution in [-0.4, -0.2) is 34.8 Å². The highest BCUT2D eigenvalue weighted by Crippen LogP contribution is 2.34. The molecule has 1 aromatic carbocycles. The number of nitrogens with zero attached hydrogens (tertiary/aromatic N) is 1. The SMILES string of the molecule is Cc1ccc(NC(=O)CN2C(=O)NC3(CCCC3)C2=O)cc1C. The van der Waals surface area contributed by atoms with E-state index in [-0.39, 0.29) is 18.4 Å². The number of hydrogen-bond acceptors (Lipinski definition) is 3. The smallest absolute Gasteiger partial charge is 0.325 e. The van der Waals surface area contributed by atoms with Crippen LogP contribution >= 0.6 is 0 Å². The van der Waals surface area contributed by atoms with Gasteiger partial charge in [0.1, 0.15) is 12.1 Å². The molecule has 1 aliphatic heterocycles. The van der Waals surface area contributed by atoms with Crippen molar-refractivity contribution in [2.24, 2.45) is 0 Å². The molecular weight excluding hydrogens is 294 g/mol. The topological polar surface area (TPSA) is 78.5 Å². The fraction of sp³-hybridized carbons (Fsp3) is 0.471. The van der Waals surface area contributed by atoms with Crippen LogP contribution < -0.4 is 10.6 Å². The molecular formula is C17H21N3O3. The third-order valence-electron chi connectivity index (χ3n) is 4.80. The van der Waals surface area contributed by atoms with Gasteiger partial charge in [0.15, 0.2) is 0 Å². The number of amides is 4. The number of urea groups is 1. The quantitative estimate of drug-likeness (QED) is 0.839. The van der Waals surface area contributed by atoms with Gasteiger partial charge in [-0.25, -0.2) is 4.79 Å². The van der Waals surface area contributed by atoms with Crippen LogP contribution in [0.5, 0.6) is 0 Å². The third kappa shape index (κ3) is 2.81. The van der Waals surface area contributed by atoms with Gasteiger partial charge in [-0.1, -0.05) is 18.9 Å². The zero-order valence-electron chi connectivity index (χ0n) is 13.4. The summed E-state index contributed by atoms with van der Waals surface area (Å²) >= 11 is 0. The van der Waals surface area contributed by atoms with E-state index >= 15 is 0 Å². The van der Waals surface area contributed by atoms with Gasteiger partial charge in [-0.2, -0.15) is 0 Å². The summed E-state index contributed by atoms with van der Waals surface area (Å²) in [7, 11) is 0. The van der Waals surface area contributed by atoms with E-state index in [0.29, 0.717) is 18.5 Å². The maximum atomic E-state index is 12.5. The number of carbonyl (C=O) groups is 3. The van der Waals surface area contributed by atoms with E-state index < -0.39 is 11.6 Å². The van der Waals surface area contributed by atoms with Gasteiger partial charge in [0.25, 0.3) is 5.91 Å². The molecule has 1 heterocycles. The number of aryl methyl sites for hydroxylation is 2. The first-order valence-corrected chi connectivity index (χ1v) is 7.92. The van der Waals surface area contributed by atoms with E-state index in [4.69, 9.17) is 0 Å². The summed E-state index contributed by atoms with van der Waals surface area (Å²) in [5.74, 6) is -0.637. The molecule has 0 bridgehead atoms. The van der Waals surface area contributed by atoms with Gasteiger partial charge in [0.05, 0.1) is 0 Å². The zero-order valence-corrected chi connectivity index (χ0v) is 13.4. The largest absolute Gasteiger partial charge is 0.325 e. The Morgan fingerprint density at radius 1 is 1.22 bits per heavy atom. The first-order chi connectivity index (χ1) is 10.9. The molecule has 122 valence electrons. The third-order valence-corrected chi connectivity index (χ3v) is 4.80. The van der Waals surface area contributed by atoms with Crippen molar-refractivity contribution in [2.75, 3.05) is 11.9 Å².